The Balaban J connectivity index is 0.000000345. The number of fused-ring (bicyclic) bond motifs is 4. The molecule has 1 fully saturated rings. The molecule has 1 atom stereocenters. The molecule has 3 aliphatic heterocycles. The molecule has 1 amide bonds. The molecule has 2 aromatic heterocycles. The van der Waals surface area contributed by atoms with Crippen LogP contribution in [-0.4, -0.2) is 47.0 Å². The topological polar surface area (TPSA) is 120 Å². The zero-order valence-electron chi connectivity index (χ0n) is 27.5. The molecule has 47 heavy (non-hydrogen) atoms. The van der Waals surface area contributed by atoms with E-state index in [1.807, 2.05) is 9.80 Å². The normalized spacial score (nSPS) is 16.0. The van der Waals surface area contributed by atoms with Gasteiger partial charge in [0.05, 0.1) is 29.7 Å². The predicted molar refractivity (Wildman–Crippen MR) is 180 cm³/mol. The molecule has 3 aromatic rings. The summed E-state index contributed by atoms with van der Waals surface area (Å²) < 4.78 is 36.4. The van der Waals surface area contributed by atoms with Gasteiger partial charge in [0.2, 0.25) is 11.9 Å². The minimum Gasteiger partial charge on any atom is -0.389 e. The van der Waals surface area contributed by atoms with Crippen molar-refractivity contribution >= 4 is 44.9 Å². The molecule has 0 bridgehead atoms. The van der Waals surface area contributed by atoms with E-state index < -0.39 is 17.7 Å². The van der Waals surface area contributed by atoms with E-state index in [0.717, 1.165) is 75.2 Å². The molecule has 0 saturated carbocycles. The Morgan fingerprint density at radius 2 is 1.83 bits per heavy atom. The van der Waals surface area contributed by atoms with Crippen LogP contribution in [0.5, 0.6) is 0 Å². The van der Waals surface area contributed by atoms with Crippen molar-refractivity contribution in [2.45, 2.75) is 85.0 Å². The SMILES string of the molecule is CCCCCN(CCCC)C(C)=O.N#Cc1c(N)sc2c1C(c1c3c(c4cnc(N5CCCC5)nc4c1F)COC3)NC=C2F.[CH3-].[Cu+]. The van der Waals surface area contributed by atoms with Gasteiger partial charge >= 0.3 is 17.1 Å². The van der Waals surface area contributed by atoms with Crippen LogP contribution in [0, 0.1) is 24.6 Å². The zero-order valence-corrected chi connectivity index (χ0v) is 29.3. The minimum absolute atomic E-state index is 0. The number of nitrogens with zero attached hydrogens (tertiary/aromatic N) is 5. The van der Waals surface area contributed by atoms with E-state index in [2.05, 4.69) is 35.2 Å². The number of thiophene rings is 1. The van der Waals surface area contributed by atoms with E-state index >= 15 is 4.39 Å². The van der Waals surface area contributed by atoms with Crippen LogP contribution in [0.25, 0.3) is 16.7 Å². The summed E-state index contributed by atoms with van der Waals surface area (Å²) in [5, 5.41) is 13.4. The average molecular weight is 716 g/mol. The molecule has 3 aliphatic rings. The number of hydrogen-bond donors (Lipinski definition) is 2. The Hall–Kier alpha value is -3.30. The van der Waals surface area contributed by atoms with Crippen LogP contribution in [0.4, 0.5) is 19.7 Å². The van der Waals surface area contributed by atoms with Gasteiger partial charge in [-0.15, -0.1) is 11.3 Å². The molecular weight excluding hydrogens is 672 g/mol. The third-order valence-corrected chi connectivity index (χ3v) is 9.67. The second kappa shape index (κ2) is 17.2. The van der Waals surface area contributed by atoms with Gasteiger partial charge in [0.25, 0.3) is 0 Å². The number of ether oxygens (including phenoxy) is 1. The summed E-state index contributed by atoms with van der Waals surface area (Å²) >= 11 is 0.996. The smallest absolute Gasteiger partial charge is 0.389 e. The van der Waals surface area contributed by atoms with Gasteiger partial charge in [0.15, 0.2) is 11.6 Å². The van der Waals surface area contributed by atoms with E-state index in [1.54, 1.807) is 13.1 Å². The Morgan fingerprint density at radius 3 is 2.49 bits per heavy atom. The van der Waals surface area contributed by atoms with E-state index in [4.69, 9.17) is 10.5 Å². The molecule has 3 N–H and O–H groups in total. The Kier molecular flexibility index (Phi) is 14.0. The van der Waals surface area contributed by atoms with Gasteiger partial charge in [0.1, 0.15) is 16.6 Å². The summed E-state index contributed by atoms with van der Waals surface area (Å²) in [6, 6.07) is 1.28. The van der Waals surface area contributed by atoms with Crippen LogP contribution in [-0.2, 0) is 39.8 Å². The average Bonchev–Trinajstić information content (AvgIpc) is 3.81. The molecule has 0 radical (unpaired) electrons. The number of nitrogen functional groups attached to an aromatic ring is 1. The molecule has 0 aliphatic carbocycles. The van der Waals surface area contributed by atoms with Crippen molar-refractivity contribution in [3.63, 3.8) is 0 Å². The molecule has 5 heterocycles. The van der Waals surface area contributed by atoms with Crippen molar-refractivity contribution in [1.29, 1.82) is 5.26 Å². The van der Waals surface area contributed by atoms with Crippen LogP contribution < -0.4 is 16.0 Å². The zero-order chi connectivity index (χ0) is 32.1. The fraction of sp³-hybridized carbons (Fsp3) is 0.500. The number of amides is 1. The number of benzene rings is 1. The number of carbonyl (C=O) groups is 1. The van der Waals surface area contributed by atoms with Crippen LogP contribution in [0.15, 0.2) is 12.4 Å². The van der Waals surface area contributed by atoms with Gasteiger partial charge in [-0.05, 0) is 36.8 Å². The molecule has 0 spiro atoms. The second-order valence-electron chi connectivity index (χ2n) is 11.7. The van der Waals surface area contributed by atoms with Crippen LogP contribution in [0.3, 0.4) is 0 Å². The first-order valence-corrected chi connectivity index (χ1v) is 16.6. The van der Waals surface area contributed by atoms with Crippen molar-refractivity contribution in [3.8, 4) is 6.07 Å². The van der Waals surface area contributed by atoms with Crippen LogP contribution >= 0.6 is 11.3 Å². The van der Waals surface area contributed by atoms with E-state index in [-0.39, 0.29) is 58.0 Å². The second-order valence-corrected chi connectivity index (χ2v) is 12.7. The van der Waals surface area contributed by atoms with Crippen LogP contribution in [0.1, 0.15) is 104 Å². The monoisotopic (exact) mass is 715 g/mol. The van der Waals surface area contributed by atoms with E-state index in [9.17, 15) is 14.4 Å². The molecule has 258 valence electrons. The first-order valence-electron chi connectivity index (χ1n) is 15.8. The summed E-state index contributed by atoms with van der Waals surface area (Å²) in [6.07, 6.45) is 10.9. The fourth-order valence-electron chi connectivity index (χ4n) is 6.19. The van der Waals surface area contributed by atoms with Crippen molar-refractivity contribution in [3.05, 3.63) is 58.3 Å². The van der Waals surface area contributed by atoms with Gasteiger partial charge in [-0.3, -0.25) is 4.79 Å². The maximum atomic E-state index is 16.2. The molecule has 1 saturated heterocycles. The number of hydrogen-bond acceptors (Lipinski definition) is 9. The number of anilines is 2. The number of nitrogens with one attached hydrogen (secondary N) is 1. The number of carbonyl (C=O) groups excluding carboxylic acids is 1. The quantitative estimate of drug-likeness (QED) is 0.136. The maximum absolute atomic E-state index is 16.2. The summed E-state index contributed by atoms with van der Waals surface area (Å²) in [7, 11) is 0. The van der Waals surface area contributed by atoms with Gasteiger partial charge in [0, 0.05) is 62.0 Å². The maximum Gasteiger partial charge on any atom is 1.00 e. The van der Waals surface area contributed by atoms with Gasteiger partial charge in [-0.2, -0.15) is 5.26 Å². The molecule has 1 aromatic carbocycles. The van der Waals surface area contributed by atoms with Crippen molar-refractivity contribution in [2.75, 3.05) is 36.8 Å². The van der Waals surface area contributed by atoms with Crippen molar-refractivity contribution in [1.82, 2.24) is 20.2 Å². The molecule has 9 nitrogen and oxygen atoms in total. The minimum atomic E-state index is -0.780. The van der Waals surface area contributed by atoms with Crippen molar-refractivity contribution < 1.29 is 35.4 Å². The van der Waals surface area contributed by atoms with Gasteiger partial charge < -0.3 is 33.0 Å². The standard InChI is InChI=1S/C22H18F2N6OS.C11H23NO.CH3.Cu/c23-14-7-27-19(16-10(5-25)21(26)32-20(14)16)15-13-9-31-8-12(13)11-6-28-22(29-18(11)17(15)24)30-3-1-2-4-30;1-4-6-8-10-12(11(3)13)9-7-5-2;;/h6-7,19,27H,1-4,8-9,26H2;4-10H2,1-3H3;1H3;/q;;-1;+1. The molecule has 13 heteroatoms. The molecular formula is C34H44CuF2N7O2S. The Morgan fingerprint density at radius 1 is 1.15 bits per heavy atom. The largest absolute Gasteiger partial charge is 1.00 e. The summed E-state index contributed by atoms with van der Waals surface area (Å²) in [5.41, 5.74) is 8.55. The Labute approximate surface area is 291 Å². The third-order valence-electron chi connectivity index (χ3n) is 8.63. The third kappa shape index (κ3) is 7.89. The number of halogens is 2. The van der Waals surface area contributed by atoms with Crippen molar-refractivity contribution in [2.24, 2.45) is 0 Å². The number of aromatic nitrogens is 2. The van der Waals surface area contributed by atoms with E-state index in [0.29, 0.717) is 34.6 Å². The van der Waals surface area contributed by atoms with Crippen LogP contribution in [0.2, 0.25) is 0 Å². The van der Waals surface area contributed by atoms with Gasteiger partial charge in [-0.1, -0.05) is 33.1 Å². The number of nitrogens with two attached hydrogens (primary N) is 1. The first-order chi connectivity index (χ1) is 21.8. The first kappa shape index (κ1) is 38.2. The number of unbranched alkanes of at least 4 members (excludes halogenated alkanes) is 3. The Bertz CT molecular complexity index is 1640. The fourth-order valence-corrected chi connectivity index (χ4v) is 7.16. The predicted octanol–water partition coefficient (Wildman–Crippen LogP) is 7.15. The van der Waals surface area contributed by atoms with E-state index in [1.165, 1.54) is 19.0 Å². The molecule has 6 rings (SSSR count). The van der Waals surface area contributed by atoms with Gasteiger partial charge in [-0.25, -0.2) is 18.7 Å². The summed E-state index contributed by atoms with van der Waals surface area (Å²) in [4.78, 5) is 24.5. The number of nitriles is 1. The molecule has 1 unspecified atom stereocenters. The summed E-state index contributed by atoms with van der Waals surface area (Å²) in [6.45, 7) is 10.1. The number of rotatable bonds is 9. The summed E-state index contributed by atoms with van der Waals surface area (Å²) in [5.74, 6) is -0.314.